The Morgan fingerprint density at radius 1 is 1.35 bits per heavy atom. The van der Waals surface area contributed by atoms with Gasteiger partial charge in [0.2, 0.25) is 5.91 Å². The number of amides is 1. The number of allylic oxidation sites excluding steroid dienone is 1. The van der Waals surface area contributed by atoms with E-state index in [0.717, 1.165) is 5.76 Å². The third-order valence-electron chi connectivity index (χ3n) is 4.56. The van der Waals surface area contributed by atoms with Gasteiger partial charge in [-0.3, -0.25) is 14.6 Å². The molecule has 2 aromatic rings. The fraction of sp³-hybridized carbons (Fsp3) is 0.263. The minimum Gasteiger partial charge on any atom is -0.468 e. The molecule has 0 spiro atoms. The molecule has 4 rings (SSSR count). The fourth-order valence-electron chi connectivity index (χ4n) is 3.34. The normalized spacial score (nSPS) is 20.8. The number of rotatable bonds is 3. The molecule has 0 radical (unpaired) electrons. The number of carbonyl (C=O) groups is 1. The molecule has 1 fully saturated rings. The summed E-state index contributed by atoms with van der Waals surface area (Å²) in [5.41, 5.74) is 1.21. The summed E-state index contributed by atoms with van der Waals surface area (Å²) in [6, 6.07) is 12.1. The number of nitrogens with zero attached hydrogens (tertiary/aromatic N) is 3. The second-order valence-corrected chi connectivity index (χ2v) is 7.22. The van der Waals surface area contributed by atoms with E-state index in [1.54, 1.807) is 23.3 Å². The molecule has 2 aliphatic heterocycles. The van der Waals surface area contributed by atoms with E-state index in [4.69, 9.17) is 4.42 Å². The molecule has 1 unspecified atom stereocenters. The van der Waals surface area contributed by atoms with Crippen molar-refractivity contribution in [1.29, 1.82) is 5.26 Å². The van der Waals surface area contributed by atoms with Crippen LogP contribution < -0.4 is 0 Å². The maximum atomic E-state index is 13.6. The predicted molar refractivity (Wildman–Crippen MR) is 94.8 cm³/mol. The second kappa shape index (κ2) is 6.98. The Morgan fingerprint density at radius 3 is 2.96 bits per heavy atom. The molecule has 1 amide bonds. The number of nitriles is 1. The van der Waals surface area contributed by atoms with Gasteiger partial charge in [-0.2, -0.15) is 5.26 Å². The Labute approximate surface area is 154 Å². The Hall–Kier alpha value is -2.56. The second-order valence-electron chi connectivity index (χ2n) is 6.29. The van der Waals surface area contributed by atoms with Gasteiger partial charge in [0.1, 0.15) is 11.6 Å². The summed E-state index contributed by atoms with van der Waals surface area (Å²) >= 11 is 1.47. The minimum absolute atomic E-state index is 0.0510. The van der Waals surface area contributed by atoms with E-state index in [9.17, 15) is 14.4 Å². The van der Waals surface area contributed by atoms with Crippen molar-refractivity contribution in [2.45, 2.75) is 18.9 Å². The summed E-state index contributed by atoms with van der Waals surface area (Å²) in [5, 5.41) is 10.4. The molecule has 0 bridgehead atoms. The van der Waals surface area contributed by atoms with Crippen LogP contribution in [0.5, 0.6) is 0 Å². The van der Waals surface area contributed by atoms with E-state index in [2.05, 4.69) is 11.0 Å². The fourth-order valence-corrected chi connectivity index (χ4v) is 4.48. The lowest BCUT2D eigenvalue weighted by atomic mass is 9.86. The maximum absolute atomic E-state index is 13.6. The Bertz CT molecular complexity index is 904. The van der Waals surface area contributed by atoms with Crippen molar-refractivity contribution in [1.82, 2.24) is 9.80 Å². The quantitative estimate of drug-likeness (QED) is 0.827. The summed E-state index contributed by atoms with van der Waals surface area (Å²) in [6.07, 6.45) is 1.80. The standard InChI is InChI=1S/C19H16FN3O2S/c20-14-4-1-3-13(7-14)16-8-18(24)23-11-22(10-15-5-2-6-25-15)12-26-19(23)17(16)9-21/h1-7,16H,8,10-12H2. The maximum Gasteiger partial charge on any atom is 0.229 e. The van der Waals surface area contributed by atoms with Crippen LogP contribution in [0.3, 0.4) is 0 Å². The first-order valence-electron chi connectivity index (χ1n) is 8.23. The SMILES string of the molecule is N#CC1=C2SCN(Cc3ccco3)CN2C(=O)CC1c1cccc(F)c1. The van der Waals surface area contributed by atoms with Gasteiger partial charge in [0.25, 0.3) is 0 Å². The van der Waals surface area contributed by atoms with Gasteiger partial charge < -0.3 is 4.42 Å². The molecule has 1 aromatic heterocycles. The number of carbonyl (C=O) groups excluding carboxylic acids is 1. The van der Waals surface area contributed by atoms with Crippen LogP contribution in [0.2, 0.25) is 0 Å². The predicted octanol–water partition coefficient (Wildman–Crippen LogP) is 3.63. The average Bonchev–Trinajstić information content (AvgIpc) is 3.15. The van der Waals surface area contributed by atoms with Gasteiger partial charge in [0.05, 0.1) is 42.0 Å². The van der Waals surface area contributed by atoms with E-state index in [0.29, 0.717) is 35.3 Å². The largest absolute Gasteiger partial charge is 0.468 e. The van der Waals surface area contributed by atoms with Crippen molar-refractivity contribution < 1.29 is 13.6 Å². The highest BCUT2D eigenvalue weighted by atomic mass is 32.2. The number of benzene rings is 1. The number of fused-ring (bicyclic) bond motifs is 1. The highest BCUT2D eigenvalue weighted by Gasteiger charge is 2.38. The third kappa shape index (κ3) is 3.14. The molecule has 0 N–H and O–H groups in total. The average molecular weight is 369 g/mol. The first kappa shape index (κ1) is 16.9. The molecule has 3 heterocycles. The van der Waals surface area contributed by atoms with E-state index in [1.165, 1.54) is 23.9 Å². The number of halogens is 1. The van der Waals surface area contributed by atoms with Crippen LogP contribution >= 0.6 is 11.8 Å². The van der Waals surface area contributed by atoms with Crippen molar-refractivity contribution in [2.75, 3.05) is 12.5 Å². The Morgan fingerprint density at radius 2 is 2.23 bits per heavy atom. The molecule has 1 aromatic carbocycles. The summed E-state index contributed by atoms with van der Waals surface area (Å²) in [7, 11) is 0. The van der Waals surface area contributed by atoms with Gasteiger partial charge in [-0.25, -0.2) is 4.39 Å². The molecule has 2 aliphatic rings. The van der Waals surface area contributed by atoms with Crippen LogP contribution in [0.4, 0.5) is 4.39 Å². The zero-order chi connectivity index (χ0) is 18.1. The smallest absolute Gasteiger partial charge is 0.229 e. The van der Waals surface area contributed by atoms with E-state index < -0.39 is 5.92 Å². The lowest BCUT2D eigenvalue weighted by Crippen LogP contribution is -2.46. The van der Waals surface area contributed by atoms with Crippen LogP contribution in [-0.2, 0) is 11.3 Å². The van der Waals surface area contributed by atoms with Crippen LogP contribution in [0.15, 0.2) is 57.7 Å². The van der Waals surface area contributed by atoms with Crippen LogP contribution in [0, 0.1) is 17.1 Å². The highest BCUT2D eigenvalue weighted by Crippen LogP contribution is 2.42. The molecule has 1 atom stereocenters. The zero-order valence-corrected chi connectivity index (χ0v) is 14.7. The molecule has 0 aliphatic carbocycles. The van der Waals surface area contributed by atoms with Crippen molar-refractivity contribution in [2.24, 2.45) is 0 Å². The van der Waals surface area contributed by atoms with Crippen LogP contribution in [0.25, 0.3) is 0 Å². The molecule has 0 saturated carbocycles. The molecular formula is C19H16FN3O2S. The molecular weight excluding hydrogens is 353 g/mol. The topological polar surface area (TPSA) is 60.5 Å². The summed E-state index contributed by atoms with van der Waals surface area (Å²) < 4.78 is 19.0. The van der Waals surface area contributed by atoms with Gasteiger partial charge in [0.15, 0.2) is 0 Å². The molecule has 5 nitrogen and oxygen atoms in total. The molecule has 132 valence electrons. The summed E-state index contributed by atoms with van der Waals surface area (Å²) in [6.45, 7) is 1.02. The first-order valence-corrected chi connectivity index (χ1v) is 9.22. The van der Waals surface area contributed by atoms with Gasteiger partial charge in [-0.05, 0) is 29.8 Å². The molecule has 1 saturated heterocycles. The van der Waals surface area contributed by atoms with Crippen molar-refractivity contribution in [3.8, 4) is 6.07 Å². The first-order chi connectivity index (χ1) is 12.7. The van der Waals surface area contributed by atoms with Crippen molar-refractivity contribution in [3.05, 3.63) is 70.4 Å². The number of furan rings is 1. The zero-order valence-electron chi connectivity index (χ0n) is 13.9. The van der Waals surface area contributed by atoms with Crippen LogP contribution in [-0.4, -0.2) is 28.3 Å². The number of hydrogen-bond donors (Lipinski definition) is 0. The van der Waals surface area contributed by atoms with E-state index >= 15 is 0 Å². The van der Waals surface area contributed by atoms with Crippen LogP contribution in [0.1, 0.15) is 23.7 Å². The van der Waals surface area contributed by atoms with Gasteiger partial charge in [-0.15, -0.1) is 0 Å². The summed E-state index contributed by atoms with van der Waals surface area (Å²) in [4.78, 5) is 16.5. The number of thioether (sulfide) groups is 1. The molecule has 7 heteroatoms. The lowest BCUT2D eigenvalue weighted by Gasteiger charge is -2.41. The molecule has 26 heavy (non-hydrogen) atoms. The van der Waals surface area contributed by atoms with Crippen molar-refractivity contribution >= 4 is 17.7 Å². The lowest BCUT2D eigenvalue weighted by molar-refractivity contribution is -0.132. The van der Waals surface area contributed by atoms with Gasteiger partial charge >= 0.3 is 0 Å². The van der Waals surface area contributed by atoms with Gasteiger partial charge in [0, 0.05) is 12.3 Å². The van der Waals surface area contributed by atoms with E-state index in [1.807, 2.05) is 12.1 Å². The Balaban J connectivity index is 1.62. The van der Waals surface area contributed by atoms with Gasteiger partial charge in [-0.1, -0.05) is 23.9 Å². The monoisotopic (exact) mass is 369 g/mol. The highest BCUT2D eigenvalue weighted by molar-refractivity contribution is 8.03. The third-order valence-corrected chi connectivity index (χ3v) is 5.77. The minimum atomic E-state index is -0.390. The number of hydrogen-bond acceptors (Lipinski definition) is 5. The Kier molecular flexibility index (Phi) is 4.53. The van der Waals surface area contributed by atoms with E-state index in [-0.39, 0.29) is 18.1 Å². The van der Waals surface area contributed by atoms with Crippen molar-refractivity contribution in [3.63, 3.8) is 0 Å². The summed E-state index contributed by atoms with van der Waals surface area (Å²) in [5.74, 6) is 0.686.